The van der Waals surface area contributed by atoms with Gasteiger partial charge in [-0.1, -0.05) is 58.4 Å². The Morgan fingerprint density at radius 2 is 1.74 bits per heavy atom. The molecule has 0 amide bonds. The first-order chi connectivity index (χ1) is 15.0. The molecule has 1 aromatic heterocycles. The fraction of sp³-hybridized carbons (Fsp3) is 0.0800. The maximum atomic E-state index is 11.1. The molecule has 0 unspecified atom stereocenters. The van der Waals surface area contributed by atoms with Crippen molar-refractivity contribution < 1.29 is 4.92 Å². The smallest absolute Gasteiger partial charge is 0.269 e. The molecule has 0 atom stereocenters. The number of H-pyrrole nitrogens is 1. The summed E-state index contributed by atoms with van der Waals surface area (Å²) in [4.78, 5) is 19.1. The van der Waals surface area contributed by atoms with Gasteiger partial charge in [-0.2, -0.15) is 0 Å². The van der Waals surface area contributed by atoms with Crippen LogP contribution in [0.3, 0.4) is 0 Å². The van der Waals surface area contributed by atoms with Crippen LogP contribution in [0.25, 0.3) is 28.1 Å². The number of nitrogens with one attached hydrogen (secondary N) is 1. The third-order valence-electron chi connectivity index (χ3n) is 5.15. The second-order valence-corrected chi connectivity index (χ2v) is 8.06. The molecule has 0 aliphatic rings. The number of allylic oxidation sites excluding steroid dienone is 1. The van der Waals surface area contributed by atoms with Gasteiger partial charge in [0.2, 0.25) is 0 Å². The third-order valence-corrected chi connectivity index (χ3v) is 5.64. The molecule has 154 valence electrons. The van der Waals surface area contributed by atoms with E-state index in [1.54, 1.807) is 12.1 Å². The van der Waals surface area contributed by atoms with Gasteiger partial charge in [0.15, 0.2) is 0 Å². The van der Waals surface area contributed by atoms with Crippen molar-refractivity contribution in [3.8, 4) is 22.5 Å². The van der Waals surface area contributed by atoms with E-state index in [2.05, 4.69) is 40.0 Å². The van der Waals surface area contributed by atoms with Crippen LogP contribution in [0.2, 0.25) is 0 Å². The summed E-state index contributed by atoms with van der Waals surface area (Å²) in [5.41, 5.74) is 6.71. The number of benzene rings is 3. The van der Waals surface area contributed by atoms with Crippen molar-refractivity contribution in [3.05, 3.63) is 110 Å². The molecule has 0 aliphatic heterocycles. The molecular formula is C25H20BrN3O2. The Bertz CT molecular complexity index is 1280. The summed E-state index contributed by atoms with van der Waals surface area (Å²) in [7, 11) is 0. The van der Waals surface area contributed by atoms with Crippen molar-refractivity contribution in [3.63, 3.8) is 0 Å². The van der Waals surface area contributed by atoms with Crippen molar-refractivity contribution >= 4 is 27.2 Å². The summed E-state index contributed by atoms with van der Waals surface area (Å²) in [6.45, 7) is 4.06. The van der Waals surface area contributed by atoms with E-state index < -0.39 is 4.92 Å². The number of halogens is 1. The number of non-ortho nitro benzene ring substituents is 1. The highest BCUT2D eigenvalue weighted by Crippen LogP contribution is 2.35. The molecule has 0 saturated carbocycles. The number of nitro benzene ring substituents is 1. The lowest BCUT2D eigenvalue weighted by Gasteiger charge is -2.09. The predicted octanol–water partition coefficient (Wildman–Crippen LogP) is 7.17. The topological polar surface area (TPSA) is 71.8 Å². The zero-order valence-electron chi connectivity index (χ0n) is 17.1. The van der Waals surface area contributed by atoms with E-state index in [4.69, 9.17) is 4.98 Å². The van der Waals surface area contributed by atoms with E-state index in [-0.39, 0.29) is 5.69 Å². The molecule has 0 bridgehead atoms. The highest BCUT2D eigenvalue weighted by Gasteiger charge is 2.19. The van der Waals surface area contributed by atoms with Gasteiger partial charge in [0, 0.05) is 33.3 Å². The molecule has 0 fully saturated rings. The first kappa shape index (κ1) is 20.8. The normalized spacial score (nSPS) is 11.5. The lowest BCUT2D eigenvalue weighted by atomic mass is 10.00. The summed E-state index contributed by atoms with van der Waals surface area (Å²) < 4.78 is 0.998. The number of hydrogen-bond acceptors (Lipinski definition) is 3. The van der Waals surface area contributed by atoms with Gasteiger partial charge in [-0.05, 0) is 49.2 Å². The van der Waals surface area contributed by atoms with Crippen molar-refractivity contribution in [2.75, 3.05) is 0 Å². The fourth-order valence-electron chi connectivity index (χ4n) is 3.57. The molecule has 1 N–H and O–H groups in total. The number of nitrogens with zero attached hydrogens (tertiary/aromatic N) is 2. The van der Waals surface area contributed by atoms with Gasteiger partial charge in [0.05, 0.1) is 16.3 Å². The molecule has 6 heteroatoms. The van der Waals surface area contributed by atoms with E-state index in [0.29, 0.717) is 0 Å². The highest BCUT2D eigenvalue weighted by atomic mass is 79.9. The lowest BCUT2D eigenvalue weighted by molar-refractivity contribution is -0.384. The lowest BCUT2D eigenvalue weighted by Crippen LogP contribution is -1.94. The molecule has 0 radical (unpaired) electrons. The number of aryl methyl sites for hydroxylation is 1. The van der Waals surface area contributed by atoms with Gasteiger partial charge in [-0.3, -0.25) is 10.1 Å². The molecule has 4 aromatic rings. The number of aromatic amines is 1. The van der Waals surface area contributed by atoms with Crippen LogP contribution in [0, 0.1) is 17.0 Å². The fourth-order valence-corrected chi connectivity index (χ4v) is 3.93. The number of hydrogen-bond donors (Lipinski definition) is 1. The summed E-state index contributed by atoms with van der Waals surface area (Å²) in [5.74, 6) is 0.746. The average Bonchev–Trinajstić information content (AvgIpc) is 3.22. The van der Waals surface area contributed by atoms with E-state index in [1.807, 2.05) is 49.4 Å². The standard InChI is InChI=1S/C25H20BrN3O2/c1-3-21(22-15-19(26)12-9-16(22)2)25-27-23(17-7-5-4-6-8-17)24(28-25)18-10-13-20(14-11-18)29(30)31/h3-15H,1-2H3,(H,27,28)/b21-3+. The van der Waals surface area contributed by atoms with Gasteiger partial charge in [-0.25, -0.2) is 4.98 Å². The molecule has 5 nitrogen and oxygen atoms in total. The minimum absolute atomic E-state index is 0.0589. The van der Waals surface area contributed by atoms with E-state index in [1.165, 1.54) is 12.1 Å². The maximum Gasteiger partial charge on any atom is 0.269 e. The molecule has 1 heterocycles. The van der Waals surface area contributed by atoms with Crippen molar-refractivity contribution in [2.24, 2.45) is 0 Å². The Labute approximate surface area is 188 Å². The number of aromatic nitrogens is 2. The van der Waals surface area contributed by atoms with Gasteiger partial charge in [-0.15, -0.1) is 0 Å². The minimum Gasteiger partial charge on any atom is -0.337 e. The average molecular weight is 474 g/mol. The molecule has 0 saturated heterocycles. The predicted molar refractivity (Wildman–Crippen MR) is 128 cm³/mol. The van der Waals surface area contributed by atoms with Crippen LogP contribution in [-0.2, 0) is 0 Å². The first-order valence-corrected chi connectivity index (χ1v) is 10.6. The Balaban J connectivity index is 1.89. The van der Waals surface area contributed by atoms with Gasteiger partial charge in [0.1, 0.15) is 5.82 Å². The van der Waals surface area contributed by atoms with Crippen LogP contribution < -0.4 is 0 Å². The van der Waals surface area contributed by atoms with Crippen molar-refractivity contribution in [1.29, 1.82) is 0 Å². The molecule has 31 heavy (non-hydrogen) atoms. The zero-order valence-corrected chi connectivity index (χ0v) is 18.7. The molecular weight excluding hydrogens is 454 g/mol. The Morgan fingerprint density at radius 1 is 1.03 bits per heavy atom. The Hall–Kier alpha value is -3.51. The van der Waals surface area contributed by atoms with Crippen LogP contribution in [0.1, 0.15) is 23.9 Å². The van der Waals surface area contributed by atoms with E-state index in [9.17, 15) is 10.1 Å². The van der Waals surface area contributed by atoms with Crippen LogP contribution in [0.5, 0.6) is 0 Å². The molecule has 0 aliphatic carbocycles. The maximum absolute atomic E-state index is 11.1. The monoisotopic (exact) mass is 473 g/mol. The highest BCUT2D eigenvalue weighted by molar-refractivity contribution is 9.10. The Morgan fingerprint density at radius 3 is 2.39 bits per heavy atom. The van der Waals surface area contributed by atoms with Gasteiger partial charge >= 0.3 is 0 Å². The SMILES string of the molecule is C/C=C(/c1nc(-c2ccccc2)c(-c2ccc([N+](=O)[O-])cc2)[nH]1)c1cc(Br)ccc1C. The second-order valence-electron chi connectivity index (χ2n) is 7.14. The molecule has 0 spiro atoms. The van der Waals surface area contributed by atoms with Crippen LogP contribution in [-0.4, -0.2) is 14.9 Å². The Kier molecular flexibility index (Phi) is 5.82. The summed E-state index contributed by atoms with van der Waals surface area (Å²) >= 11 is 3.57. The summed E-state index contributed by atoms with van der Waals surface area (Å²) in [5, 5.41) is 11.1. The largest absolute Gasteiger partial charge is 0.337 e. The summed E-state index contributed by atoms with van der Waals surface area (Å²) in [6.07, 6.45) is 2.04. The van der Waals surface area contributed by atoms with Gasteiger partial charge in [0.25, 0.3) is 5.69 Å². The van der Waals surface area contributed by atoms with Crippen LogP contribution >= 0.6 is 15.9 Å². The van der Waals surface area contributed by atoms with Crippen molar-refractivity contribution in [1.82, 2.24) is 9.97 Å². The molecule has 3 aromatic carbocycles. The van der Waals surface area contributed by atoms with E-state index in [0.717, 1.165) is 49.5 Å². The first-order valence-electron chi connectivity index (χ1n) is 9.81. The van der Waals surface area contributed by atoms with Crippen LogP contribution in [0.15, 0.2) is 83.3 Å². The van der Waals surface area contributed by atoms with Crippen LogP contribution in [0.4, 0.5) is 5.69 Å². The number of nitro groups is 1. The summed E-state index contributed by atoms with van der Waals surface area (Å²) in [6, 6.07) is 22.6. The van der Waals surface area contributed by atoms with Gasteiger partial charge < -0.3 is 4.98 Å². The quantitative estimate of drug-likeness (QED) is 0.246. The zero-order chi connectivity index (χ0) is 22.0. The van der Waals surface area contributed by atoms with Crippen molar-refractivity contribution in [2.45, 2.75) is 13.8 Å². The van der Waals surface area contributed by atoms with E-state index >= 15 is 0 Å². The molecule has 4 rings (SSSR count). The minimum atomic E-state index is -0.395. The second kappa shape index (κ2) is 8.70. The third kappa shape index (κ3) is 4.20. The number of rotatable bonds is 5. The number of imidazole rings is 1.